The summed E-state index contributed by atoms with van der Waals surface area (Å²) in [5, 5.41) is -0.194. The van der Waals surface area contributed by atoms with Gasteiger partial charge in [0.05, 0.1) is 5.56 Å². The van der Waals surface area contributed by atoms with Crippen molar-refractivity contribution in [2.45, 2.75) is 11.1 Å². The summed E-state index contributed by atoms with van der Waals surface area (Å²) in [5.74, 6) is 0. The molecule has 2 rings (SSSR count). The summed E-state index contributed by atoms with van der Waals surface area (Å²) in [6.45, 7) is 0. The van der Waals surface area contributed by atoms with Crippen LogP contribution in [0.3, 0.4) is 0 Å². The Balaban J connectivity index is 2.10. The molecule has 98 valence electrons. The number of hydrogen-bond donors (Lipinski definition) is 0. The first-order valence-electron chi connectivity index (χ1n) is 5.41. The number of halogens is 3. The summed E-state index contributed by atoms with van der Waals surface area (Å²) in [6, 6.07) is 13.1. The van der Waals surface area contributed by atoms with Crippen LogP contribution >= 0.6 is 11.8 Å². The number of carbonyl (C=O) groups is 1. The quantitative estimate of drug-likeness (QED) is 0.746. The monoisotopic (exact) mass is 282 g/mol. The third kappa shape index (κ3) is 3.61. The van der Waals surface area contributed by atoms with Gasteiger partial charge in [-0.1, -0.05) is 30.3 Å². The Morgan fingerprint density at radius 3 is 2.00 bits per heavy atom. The molecule has 0 atom stereocenters. The van der Waals surface area contributed by atoms with E-state index in [0.717, 1.165) is 23.9 Å². The average molecular weight is 282 g/mol. The van der Waals surface area contributed by atoms with Gasteiger partial charge in [0.25, 0.3) is 0 Å². The van der Waals surface area contributed by atoms with Gasteiger partial charge in [0.15, 0.2) is 0 Å². The summed E-state index contributed by atoms with van der Waals surface area (Å²) in [5.41, 5.74) is -0.198. The van der Waals surface area contributed by atoms with E-state index in [1.54, 1.807) is 30.3 Å². The van der Waals surface area contributed by atoms with Crippen molar-refractivity contribution >= 4 is 16.9 Å². The van der Waals surface area contributed by atoms with Gasteiger partial charge in [0.1, 0.15) is 0 Å². The molecule has 0 bridgehead atoms. The Hall–Kier alpha value is -1.75. The zero-order valence-corrected chi connectivity index (χ0v) is 10.5. The molecule has 0 aliphatic carbocycles. The van der Waals surface area contributed by atoms with Crippen LogP contribution in [0.1, 0.15) is 15.9 Å². The van der Waals surface area contributed by atoms with Crippen molar-refractivity contribution in [3.63, 3.8) is 0 Å². The van der Waals surface area contributed by atoms with Gasteiger partial charge in [0.2, 0.25) is 5.12 Å². The molecule has 19 heavy (non-hydrogen) atoms. The first kappa shape index (κ1) is 13.7. The fourth-order valence-corrected chi connectivity index (χ4v) is 2.19. The third-order valence-corrected chi connectivity index (χ3v) is 3.33. The second-order valence-corrected chi connectivity index (χ2v) is 4.82. The van der Waals surface area contributed by atoms with Crippen molar-refractivity contribution in [2.24, 2.45) is 0 Å². The van der Waals surface area contributed by atoms with Crippen molar-refractivity contribution in [1.82, 2.24) is 0 Å². The van der Waals surface area contributed by atoms with Crippen LogP contribution in [0.15, 0.2) is 59.5 Å². The minimum absolute atomic E-state index is 0.194. The fourth-order valence-electron chi connectivity index (χ4n) is 1.45. The number of hydrogen-bond acceptors (Lipinski definition) is 2. The maximum absolute atomic E-state index is 12.4. The predicted octanol–water partition coefficient (Wildman–Crippen LogP) is 4.64. The molecule has 0 N–H and O–H groups in total. The lowest BCUT2D eigenvalue weighted by Gasteiger charge is -2.07. The maximum Gasteiger partial charge on any atom is 0.416 e. The lowest BCUT2D eigenvalue weighted by molar-refractivity contribution is -0.137. The molecule has 0 amide bonds. The number of benzene rings is 2. The van der Waals surface area contributed by atoms with Gasteiger partial charge in [0, 0.05) is 10.5 Å². The van der Waals surface area contributed by atoms with Gasteiger partial charge < -0.3 is 0 Å². The van der Waals surface area contributed by atoms with Crippen LogP contribution in [0.4, 0.5) is 13.2 Å². The molecule has 0 saturated heterocycles. The Labute approximate surface area is 112 Å². The molecular formula is C14H9F3OS. The highest BCUT2D eigenvalue weighted by Gasteiger charge is 2.30. The molecule has 2 aromatic rings. The van der Waals surface area contributed by atoms with Crippen molar-refractivity contribution in [1.29, 1.82) is 0 Å². The second kappa shape index (κ2) is 5.48. The van der Waals surface area contributed by atoms with Crippen LogP contribution in [0.2, 0.25) is 0 Å². The molecule has 0 heterocycles. The number of rotatable bonds is 2. The van der Waals surface area contributed by atoms with E-state index in [1.165, 1.54) is 12.1 Å². The SMILES string of the molecule is O=C(Sc1ccc(C(F)(F)F)cc1)c1ccccc1. The van der Waals surface area contributed by atoms with Gasteiger partial charge in [-0.3, -0.25) is 4.79 Å². The molecule has 0 aliphatic rings. The lowest BCUT2D eigenvalue weighted by atomic mass is 10.2. The third-order valence-electron chi connectivity index (χ3n) is 2.40. The Morgan fingerprint density at radius 2 is 1.47 bits per heavy atom. The van der Waals surface area contributed by atoms with Crippen LogP contribution in [0.25, 0.3) is 0 Å². The minimum atomic E-state index is -4.35. The van der Waals surface area contributed by atoms with E-state index in [1.807, 2.05) is 0 Å². The van der Waals surface area contributed by atoms with Crippen molar-refractivity contribution in [2.75, 3.05) is 0 Å². The van der Waals surface area contributed by atoms with Gasteiger partial charge in [-0.25, -0.2) is 0 Å². The van der Waals surface area contributed by atoms with Gasteiger partial charge in [-0.05, 0) is 36.0 Å². The first-order valence-corrected chi connectivity index (χ1v) is 6.23. The van der Waals surface area contributed by atoms with E-state index in [4.69, 9.17) is 0 Å². The smallest absolute Gasteiger partial charge is 0.281 e. The van der Waals surface area contributed by atoms with Crippen LogP contribution < -0.4 is 0 Å². The summed E-state index contributed by atoms with van der Waals surface area (Å²) in [4.78, 5) is 12.3. The molecule has 2 aromatic carbocycles. The molecule has 0 radical (unpaired) electrons. The van der Waals surface area contributed by atoms with E-state index in [-0.39, 0.29) is 5.12 Å². The topological polar surface area (TPSA) is 17.1 Å². The van der Waals surface area contributed by atoms with Gasteiger partial charge in [-0.15, -0.1) is 0 Å². The highest BCUT2D eigenvalue weighted by molar-refractivity contribution is 8.14. The van der Waals surface area contributed by atoms with Crippen molar-refractivity contribution in [3.05, 3.63) is 65.7 Å². The molecular weight excluding hydrogens is 273 g/mol. The molecule has 0 fully saturated rings. The van der Waals surface area contributed by atoms with Crippen LogP contribution in [-0.2, 0) is 6.18 Å². The molecule has 5 heteroatoms. The van der Waals surface area contributed by atoms with Crippen LogP contribution in [0.5, 0.6) is 0 Å². The van der Waals surface area contributed by atoms with Gasteiger partial charge >= 0.3 is 6.18 Å². The summed E-state index contributed by atoms with van der Waals surface area (Å²) >= 11 is 0.910. The van der Waals surface area contributed by atoms with Gasteiger partial charge in [-0.2, -0.15) is 13.2 Å². The highest BCUT2D eigenvalue weighted by atomic mass is 32.2. The Kier molecular flexibility index (Phi) is 3.95. The molecule has 0 unspecified atom stereocenters. The normalized spacial score (nSPS) is 11.3. The summed E-state index contributed by atoms with van der Waals surface area (Å²) in [7, 11) is 0. The minimum Gasteiger partial charge on any atom is -0.281 e. The average Bonchev–Trinajstić information content (AvgIpc) is 2.39. The zero-order valence-electron chi connectivity index (χ0n) is 9.65. The van der Waals surface area contributed by atoms with E-state index >= 15 is 0 Å². The Bertz CT molecular complexity index is 561. The first-order chi connectivity index (χ1) is 8.97. The van der Waals surface area contributed by atoms with Crippen molar-refractivity contribution < 1.29 is 18.0 Å². The second-order valence-electron chi connectivity index (χ2n) is 3.78. The number of alkyl halides is 3. The summed E-state index contributed by atoms with van der Waals surface area (Å²) < 4.78 is 37.1. The maximum atomic E-state index is 12.4. The standard InChI is InChI=1S/C14H9F3OS/c15-14(16,17)11-6-8-12(9-7-11)19-13(18)10-4-2-1-3-5-10/h1-9H. The number of carbonyl (C=O) groups excluding carboxylic acids is 1. The van der Waals surface area contributed by atoms with E-state index in [9.17, 15) is 18.0 Å². The van der Waals surface area contributed by atoms with E-state index in [0.29, 0.717) is 10.5 Å². The van der Waals surface area contributed by atoms with E-state index in [2.05, 4.69) is 0 Å². The largest absolute Gasteiger partial charge is 0.416 e. The van der Waals surface area contributed by atoms with Crippen LogP contribution in [0, 0.1) is 0 Å². The Morgan fingerprint density at radius 1 is 0.895 bits per heavy atom. The molecule has 0 aromatic heterocycles. The lowest BCUT2D eigenvalue weighted by Crippen LogP contribution is -2.04. The molecule has 0 aliphatic heterocycles. The predicted molar refractivity (Wildman–Crippen MR) is 68.1 cm³/mol. The van der Waals surface area contributed by atoms with Crippen LogP contribution in [-0.4, -0.2) is 5.12 Å². The number of thioether (sulfide) groups is 1. The molecule has 0 saturated carbocycles. The molecule has 1 nitrogen and oxygen atoms in total. The fraction of sp³-hybridized carbons (Fsp3) is 0.0714. The zero-order chi connectivity index (χ0) is 13.9. The molecule has 0 spiro atoms. The van der Waals surface area contributed by atoms with Crippen molar-refractivity contribution in [3.8, 4) is 0 Å². The highest BCUT2D eigenvalue weighted by Crippen LogP contribution is 2.31. The van der Waals surface area contributed by atoms with E-state index < -0.39 is 11.7 Å². The summed E-state index contributed by atoms with van der Waals surface area (Å²) in [6.07, 6.45) is -4.35.